The minimum absolute atomic E-state index is 0.180. The van der Waals surface area contributed by atoms with Crippen LogP contribution in [-0.2, 0) is 9.53 Å². The number of amides is 1. The average molecular weight is 360 g/mol. The van der Waals surface area contributed by atoms with E-state index < -0.39 is 5.97 Å². The van der Waals surface area contributed by atoms with Crippen LogP contribution in [0.1, 0.15) is 36.0 Å². The number of rotatable bonds is 7. The van der Waals surface area contributed by atoms with E-state index in [1.54, 1.807) is 6.92 Å². The summed E-state index contributed by atoms with van der Waals surface area (Å²) < 4.78 is 5.22. The zero-order valence-electron chi connectivity index (χ0n) is 15.0. The number of aryl methyl sites for hydroxylation is 1. The van der Waals surface area contributed by atoms with Crippen LogP contribution in [0.4, 0.5) is 5.00 Å². The Kier molecular flexibility index (Phi) is 6.73. The Hall–Kier alpha value is -2.18. The van der Waals surface area contributed by atoms with Crippen molar-refractivity contribution in [2.45, 2.75) is 33.7 Å². The van der Waals surface area contributed by atoms with Crippen LogP contribution in [0.25, 0.3) is 11.1 Å². The van der Waals surface area contributed by atoms with Crippen molar-refractivity contribution in [2.24, 2.45) is 0 Å². The molecule has 6 heteroatoms. The number of hydrogen-bond acceptors (Lipinski definition) is 5. The molecule has 0 aliphatic heterocycles. The van der Waals surface area contributed by atoms with E-state index in [1.807, 2.05) is 51.1 Å². The van der Waals surface area contributed by atoms with Crippen molar-refractivity contribution in [1.29, 1.82) is 0 Å². The standard InChI is InChI=1S/C19H24N2O3S/c1-5-24-19(23)17-16(14-9-7-6-8-10-14)13(4)25-18(17)21-15(22)11-20-12(2)3/h6-10,12,20H,5,11H2,1-4H3,(H,21,22). The second kappa shape index (κ2) is 8.78. The van der Waals surface area contributed by atoms with E-state index in [1.165, 1.54) is 11.3 Å². The lowest BCUT2D eigenvalue weighted by Crippen LogP contribution is -2.32. The van der Waals surface area contributed by atoms with Gasteiger partial charge in [0.15, 0.2) is 0 Å². The lowest BCUT2D eigenvalue weighted by atomic mass is 10.0. The average Bonchev–Trinajstić information content (AvgIpc) is 2.90. The van der Waals surface area contributed by atoms with Gasteiger partial charge in [0.05, 0.1) is 13.2 Å². The monoisotopic (exact) mass is 360 g/mol. The quantitative estimate of drug-likeness (QED) is 0.736. The molecule has 0 saturated heterocycles. The topological polar surface area (TPSA) is 67.4 Å². The van der Waals surface area contributed by atoms with Gasteiger partial charge in [-0.25, -0.2) is 4.79 Å². The highest BCUT2D eigenvalue weighted by molar-refractivity contribution is 7.17. The van der Waals surface area contributed by atoms with Gasteiger partial charge in [-0.3, -0.25) is 4.79 Å². The minimum Gasteiger partial charge on any atom is -0.462 e. The predicted molar refractivity (Wildman–Crippen MR) is 102 cm³/mol. The number of hydrogen-bond donors (Lipinski definition) is 2. The summed E-state index contributed by atoms with van der Waals surface area (Å²) in [5.41, 5.74) is 2.17. The van der Waals surface area contributed by atoms with Gasteiger partial charge in [0, 0.05) is 16.5 Å². The van der Waals surface area contributed by atoms with E-state index in [-0.39, 0.29) is 25.1 Å². The minimum atomic E-state index is -0.419. The molecule has 0 unspecified atom stereocenters. The summed E-state index contributed by atoms with van der Waals surface area (Å²) >= 11 is 1.39. The zero-order valence-corrected chi connectivity index (χ0v) is 15.8. The van der Waals surface area contributed by atoms with Crippen LogP contribution in [0.2, 0.25) is 0 Å². The molecule has 0 saturated carbocycles. The normalized spacial score (nSPS) is 10.8. The maximum absolute atomic E-state index is 12.5. The number of benzene rings is 1. The summed E-state index contributed by atoms with van der Waals surface area (Å²) in [6.45, 7) is 8.13. The number of anilines is 1. The Bertz CT molecular complexity index is 739. The molecule has 0 atom stereocenters. The maximum Gasteiger partial charge on any atom is 0.341 e. The first-order chi connectivity index (χ1) is 11.9. The van der Waals surface area contributed by atoms with Crippen LogP contribution in [-0.4, -0.2) is 31.1 Å². The summed E-state index contributed by atoms with van der Waals surface area (Å²) in [7, 11) is 0. The number of ether oxygens (including phenoxy) is 1. The van der Waals surface area contributed by atoms with Crippen LogP contribution in [0.3, 0.4) is 0 Å². The smallest absolute Gasteiger partial charge is 0.341 e. The van der Waals surface area contributed by atoms with Gasteiger partial charge in [0.25, 0.3) is 0 Å². The summed E-state index contributed by atoms with van der Waals surface area (Å²) in [5.74, 6) is -0.599. The molecule has 1 heterocycles. The molecule has 0 radical (unpaired) electrons. The molecule has 0 spiro atoms. The van der Waals surface area contributed by atoms with Crippen molar-refractivity contribution in [3.05, 3.63) is 40.8 Å². The highest BCUT2D eigenvalue weighted by atomic mass is 32.1. The number of thiophene rings is 1. The van der Waals surface area contributed by atoms with Gasteiger partial charge in [0.2, 0.25) is 5.91 Å². The van der Waals surface area contributed by atoms with Crippen molar-refractivity contribution in [3.63, 3.8) is 0 Å². The molecule has 2 rings (SSSR count). The molecule has 0 bridgehead atoms. The Labute approximate surface area is 152 Å². The van der Waals surface area contributed by atoms with Crippen LogP contribution < -0.4 is 10.6 Å². The molecule has 2 aromatic rings. The fraction of sp³-hybridized carbons (Fsp3) is 0.368. The van der Waals surface area contributed by atoms with Crippen LogP contribution >= 0.6 is 11.3 Å². The lowest BCUT2D eigenvalue weighted by molar-refractivity contribution is -0.115. The molecule has 2 N–H and O–H groups in total. The molecule has 25 heavy (non-hydrogen) atoms. The van der Waals surface area contributed by atoms with Gasteiger partial charge < -0.3 is 15.4 Å². The Morgan fingerprint density at radius 1 is 1.20 bits per heavy atom. The van der Waals surface area contributed by atoms with E-state index in [0.717, 1.165) is 16.0 Å². The number of nitrogens with one attached hydrogen (secondary N) is 2. The first-order valence-electron chi connectivity index (χ1n) is 8.33. The highest BCUT2D eigenvalue weighted by Crippen LogP contribution is 2.40. The number of carbonyl (C=O) groups excluding carboxylic acids is 2. The molecule has 0 aliphatic carbocycles. The van der Waals surface area contributed by atoms with Gasteiger partial charge in [-0.15, -0.1) is 11.3 Å². The maximum atomic E-state index is 12.5. The molecule has 5 nitrogen and oxygen atoms in total. The summed E-state index contributed by atoms with van der Waals surface area (Å²) in [6, 6.07) is 9.88. The second-order valence-corrected chi connectivity index (χ2v) is 7.13. The molecular weight excluding hydrogens is 336 g/mol. The van der Waals surface area contributed by atoms with E-state index in [0.29, 0.717) is 10.6 Å². The van der Waals surface area contributed by atoms with Crippen LogP contribution in [0.15, 0.2) is 30.3 Å². The molecule has 0 aliphatic rings. The van der Waals surface area contributed by atoms with Crippen molar-refractivity contribution in [1.82, 2.24) is 5.32 Å². The van der Waals surface area contributed by atoms with E-state index in [4.69, 9.17) is 4.74 Å². The summed E-state index contributed by atoms with van der Waals surface area (Å²) in [6.07, 6.45) is 0. The van der Waals surface area contributed by atoms with Gasteiger partial charge in [0.1, 0.15) is 10.6 Å². The molecule has 1 aromatic heterocycles. The number of carbonyl (C=O) groups is 2. The summed E-state index contributed by atoms with van der Waals surface area (Å²) in [4.78, 5) is 25.7. The first kappa shape index (κ1) is 19.1. The molecule has 0 fully saturated rings. The second-order valence-electron chi connectivity index (χ2n) is 5.91. The van der Waals surface area contributed by atoms with Crippen LogP contribution in [0, 0.1) is 6.92 Å². The van der Waals surface area contributed by atoms with Gasteiger partial charge >= 0.3 is 5.97 Å². The van der Waals surface area contributed by atoms with Crippen molar-refractivity contribution >= 4 is 28.2 Å². The predicted octanol–water partition coefficient (Wildman–Crippen LogP) is 3.84. The van der Waals surface area contributed by atoms with Crippen molar-refractivity contribution < 1.29 is 14.3 Å². The highest BCUT2D eigenvalue weighted by Gasteiger charge is 2.25. The lowest BCUT2D eigenvalue weighted by Gasteiger charge is -2.10. The Balaban J connectivity index is 2.39. The van der Waals surface area contributed by atoms with Crippen molar-refractivity contribution in [3.8, 4) is 11.1 Å². The fourth-order valence-electron chi connectivity index (χ4n) is 2.45. The fourth-order valence-corrected chi connectivity index (χ4v) is 3.53. The Morgan fingerprint density at radius 3 is 2.48 bits per heavy atom. The van der Waals surface area contributed by atoms with E-state index in [9.17, 15) is 9.59 Å². The van der Waals surface area contributed by atoms with Gasteiger partial charge in [-0.05, 0) is 19.4 Å². The number of esters is 1. The van der Waals surface area contributed by atoms with Crippen molar-refractivity contribution in [2.75, 3.05) is 18.5 Å². The van der Waals surface area contributed by atoms with Crippen LogP contribution in [0.5, 0.6) is 0 Å². The van der Waals surface area contributed by atoms with E-state index >= 15 is 0 Å². The third-order valence-corrected chi connectivity index (χ3v) is 4.57. The van der Waals surface area contributed by atoms with Gasteiger partial charge in [-0.2, -0.15) is 0 Å². The summed E-state index contributed by atoms with van der Waals surface area (Å²) in [5, 5.41) is 6.45. The third kappa shape index (κ3) is 4.90. The molecule has 1 aromatic carbocycles. The Morgan fingerprint density at radius 2 is 1.88 bits per heavy atom. The SMILES string of the molecule is CCOC(=O)c1c(NC(=O)CNC(C)C)sc(C)c1-c1ccccc1. The molecule has 1 amide bonds. The first-order valence-corrected chi connectivity index (χ1v) is 9.14. The van der Waals surface area contributed by atoms with Gasteiger partial charge in [-0.1, -0.05) is 44.2 Å². The largest absolute Gasteiger partial charge is 0.462 e. The molecular formula is C19H24N2O3S. The van der Waals surface area contributed by atoms with E-state index in [2.05, 4.69) is 10.6 Å². The zero-order chi connectivity index (χ0) is 18.4. The molecule has 134 valence electrons. The third-order valence-electron chi connectivity index (χ3n) is 3.55.